The lowest BCUT2D eigenvalue weighted by atomic mass is 9.96. The minimum atomic E-state index is -0.678. The van der Waals surface area contributed by atoms with Gasteiger partial charge in [-0.2, -0.15) is 0 Å². The van der Waals surface area contributed by atoms with Gasteiger partial charge in [0.25, 0.3) is 5.56 Å². The Balaban J connectivity index is 1.55. The first kappa shape index (κ1) is 28.3. The van der Waals surface area contributed by atoms with Crippen LogP contribution in [0.5, 0.6) is 11.5 Å². The minimum Gasteiger partial charge on any atom is -0.493 e. The maximum absolute atomic E-state index is 13.8. The molecule has 0 amide bonds. The second-order valence-electron chi connectivity index (χ2n) is 9.02. The molecule has 1 atom stereocenters. The van der Waals surface area contributed by atoms with E-state index in [0.29, 0.717) is 37.5 Å². The molecule has 0 fully saturated rings. The number of carbonyl (C=O) groups excluding carboxylic acids is 2. The number of ether oxygens (including phenoxy) is 3. The largest absolute Gasteiger partial charge is 0.493 e. The summed E-state index contributed by atoms with van der Waals surface area (Å²) in [5.74, 6) is -0.457. The molecule has 10 heteroatoms. The Kier molecular flexibility index (Phi) is 8.32. The van der Waals surface area contributed by atoms with Crippen molar-refractivity contribution in [1.82, 2.24) is 4.57 Å². The lowest BCUT2D eigenvalue weighted by Gasteiger charge is -2.24. The van der Waals surface area contributed by atoms with E-state index in [1.54, 1.807) is 56.3 Å². The molecule has 0 spiro atoms. The van der Waals surface area contributed by atoms with Gasteiger partial charge in [-0.3, -0.25) is 9.36 Å². The van der Waals surface area contributed by atoms with E-state index in [1.807, 2.05) is 36.4 Å². The molecule has 41 heavy (non-hydrogen) atoms. The van der Waals surface area contributed by atoms with Crippen molar-refractivity contribution in [3.63, 3.8) is 0 Å². The SMILES string of the molecule is CCOC(=O)C1=C(C)N=c2sc(=Cc3ccc(OC(=O)c4cccc(Br)c4)c(OC)c3)c(=O)n2C1c1ccccc1. The average Bonchev–Trinajstić information content (AvgIpc) is 3.27. The molecular weight excluding hydrogens is 608 g/mol. The standard InChI is InChI=1S/C31H25BrN2O6S/c1-4-39-30(37)26-18(2)33-31-34(27(26)20-9-6-5-7-10-20)28(35)25(41-31)16-19-13-14-23(24(15-19)38-3)40-29(36)21-11-8-12-22(32)17-21/h5-17,27H,4H2,1-3H3. The fourth-order valence-electron chi connectivity index (χ4n) is 4.53. The van der Waals surface area contributed by atoms with Crippen molar-refractivity contribution in [1.29, 1.82) is 0 Å². The van der Waals surface area contributed by atoms with Gasteiger partial charge in [0.05, 0.1) is 41.1 Å². The summed E-state index contributed by atoms with van der Waals surface area (Å²) in [7, 11) is 1.48. The number of methoxy groups -OCH3 is 1. The molecule has 3 aromatic carbocycles. The van der Waals surface area contributed by atoms with E-state index in [4.69, 9.17) is 14.2 Å². The summed E-state index contributed by atoms with van der Waals surface area (Å²) in [4.78, 5) is 44.5. The predicted octanol–water partition coefficient (Wildman–Crippen LogP) is 4.79. The molecule has 2 heterocycles. The van der Waals surface area contributed by atoms with Crippen molar-refractivity contribution in [2.45, 2.75) is 19.9 Å². The predicted molar refractivity (Wildman–Crippen MR) is 159 cm³/mol. The number of aromatic nitrogens is 1. The molecule has 1 aromatic heterocycles. The second kappa shape index (κ2) is 12.1. The van der Waals surface area contributed by atoms with Gasteiger partial charge < -0.3 is 14.2 Å². The number of esters is 2. The van der Waals surface area contributed by atoms with Gasteiger partial charge in [0.2, 0.25) is 0 Å². The molecule has 0 bridgehead atoms. The smallest absolute Gasteiger partial charge is 0.343 e. The average molecular weight is 634 g/mol. The molecule has 8 nitrogen and oxygen atoms in total. The topological polar surface area (TPSA) is 96.2 Å². The lowest BCUT2D eigenvalue weighted by Crippen LogP contribution is -2.39. The van der Waals surface area contributed by atoms with E-state index in [1.165, 1.54) is 23.0 Å². The number of benzene rings is 3. The Morgan fingerprint density at radius 2 is 1.80 bits per heavy atom. The molecule has 1 aliphatic rings. The first-order valence-corrected chi connectivity index (χ1v) is 14.3. The lowest BCUT2D eigenvalue weighted by molar-refractivity contribution is -0.139. The zero-order valence-corrected chi connectivity index (χ0v) is 24.8. The highest BCUT2D eigenvalue weighted by molar-refractivity contribution is 9.10. The van der Waals surface area contributed by atoms with Crippen LogP contribution in [0.3, 0.4) is 0 Å². The minimum absolute atomic E-state index is 0.206. The summed E-state index contributed by atoms with van der Waals surface area (Å²) < 4.78 is 19.1. The first-order valence-electron chi connectivity index (χ1n) is 12.7. The molecule has 208 valence electrons. The molecule has 0 aliphatic carbocycles. The van der Waals surface area contributed by atoms with Gasteiger partial charge in [0.15, 0.2) is 16.3 Å². The van der Waals surface area contributed by atoms with Gasteiger partial charge >= 0.3 is 11.9 Å². The van der Waals surface area contributed by atoms with Gasteiger partial charge in [-0.1, -0.05) is 69.7 Å². The Morgan fingerprint density at radius 3 is 2.51 bits per heavy atom. The van der Waals surface area contributed by atoms with Crippen molar-refractivity contribution < 1.29 is 23.8 Å². The van der Waals surface area contributed by atoms with E-state index in [0.717, 1.165) is 10.0 Å². The van der Waals surface area contributed by atoms with E-state index < -0.39 is 18.0 Å². The Bertz CT molecular complexity index is 1860. The Hall–Kier alpha value is -4.28. The van der Waals surface area contributed by atoms with Crippen LogP contribution >= 0.6 is 27.3 Å². The Morgan fingerprint density at radius 1 is 1.02 bits per heavy atom. The van der Waals surface area contributed by atoms with Crippen LogP contribution in [0.25, 0.3) is 6.08 Å². The molecule has 0 saturated carbocycles. The summed E-state index contributed by atoms with van der Waals surface area (Å²) >= 11 is 4.58. The number of carbonyl (C=O) groups is 2. The van der Waals surface area contributed by atoms with Crippen LogP contribution in [0.2, 0.25) is 0 Å². The number of thiazole rings is 1. The quantitative estimate of drug-likeness (QED) is 0.215. The van der Waals surface area contributed by atoms with E-state index in [9.17, 15) is 14.4 Å². The summed E-state index contributed by atoms with van der Waals surface area (Å²) in [5, 5.41) is 0. The van der Waals surface area contributed by atoms with Crippen LogP contribution in [-0.2, 0) is 9.53 Å². The van der Waals surface area contributed by atoms with Crippen molar-refractivity contribution in [2.75, 3.05) is 13.7 Å². The summed E-state index contributed by atoms with van der Waals surface area (Å²) in [6.07, 6.45) is 1.72. The van der Waals surface area contributed by atoms with Gasteiger partial charge in [0, 0.05) is 4.47 Å². The number of rotatable bonds is 7. The third kappa shape index (κ3) is 5.79. The normalized spacial score (nSPS) is 14.7. The number of halogens is 1. The van der Waals surface area contributed by atoms with Crippen molar-refractivity contribution in [3.05, 3.63) is 125 Å². The number of hydrogen-bond donors (Lipinski definition) is 0. The van der Waals surface area contributed by atoms with Gasteiger partial charge in [0.1, 0.15) is 0 Å². The summed E-state index contributed by atoms with van der Waals surface area (Å²) in [6.45, 7) is 3.69. The molecule has 1 aliphatic heterocycles. The van der Waals surface area contributed by atoms with Crippen LogP contribution in [0.1, 0.15) is 41.4 Å². The van der Waals surface area contributed by atoms with Crippen LogP contribution < -0.4 is 24.4 Å². The van der Waals surface area contributed by atoms with Gasteiger partial charge in [-0.25, -0.2) is 14.6 Å². The third-order valence-corrected chi connectivity index (χ3v) is 7.86. The number of allylic oxidation sites excluding steroid dienone is 1. The van der Waals surface area contributed by atoms with Gasteiger partial charge in [-0.05, 0) is 61.4 Å². The Labute approximate surface area is 248 Å². The van der Waals surface area contributed by atoms with Crippen molar-refractivity contribution >= 4 is 45.3 Å². The van der Waals surface area contributed by atoms with Crippen LogP contribution in [0, 0.1) is 0 Å². The molecule has 1 unspecified atom stereocenters. The number of fused-ring (bicyclic) bond motifs is 1. The number of hydrogen-bond acceptors (Lipinski definition) is 8. The zero-order valence-electron chi connectivity index (χ0n) is 22.4. The monoisotopic (exact) mass is 632 g/mol. The van der Waals surface area contributed by atoms with Crippen LogP contribution in [-0.4, -0.2) is 30.2 Å². The summed E-state index contributed by atoms with van der Waals surface area (Å²) in [5.41, 5.74) is 2.36. The summed E-state index contributed by atoms with van der Waals surface area (Å²) in [6, 6.07) is 20.6. The van der Waals surface area contributed by atoms with E-state index in [2.05, 4.69) is 20.9 Å². The van der Waals surface area contributed by atoms with E-state index in [-0.39, 0.29) is 17.9 Å². The highest BCUT2D eigenvalue weighted by atomic mass is 79.9. The molecule has 0 saturated heterocycles. The maximum Gasteiger partial charge on any atom is 0.343 e. The third-order valence-electron chi connectivity index (χ3n) is 6.38. The van der Waals surface area contributed by atoms with Crippen LogP contribution in [0.15, 0.2) is 98.3 Å². The molecule has 0 N–H and O–H groups in total. The molecular formula is C31H25BrN2O6S. The molecule has 0 radical (unpaired) electrons. The zero-order chi connectivity index (χ0) is 29.1. The van der Waals surface area contributed by atoms with Gasteiger partial charge in [-0.15, -0.1) is 0 Å². The van der Waals surface area contributed by atoms with E-state index >= 15 is 0 Å². The van der Waals surface area contributed by atoms with Crippen LogP contribution in [0.4, 0.5) is 0 Å². The second-order valence-corrected chi connectivity index (χ2v) is 10.9. The fraction of sp³-hybridized carbons (Fsp3) is 0.161. The highest BCUT2D eigenvalue weighted by Crippen LogP contribution is 2.31. The molecule has 5 rings (SSSR count). The fourth-order valence-corrected chi connectivity index (χ4v) is 5.97. The van der Waals surface area contributed by atoms with Crippen molar-refractivity contribution in [3.8, 4) is 11.5 Å². The highest BCUT2D eigenvalue weighted by Gasteiger charge is 2.33. The maximum atomic E-state index is 13.8. The van der Waals surface area contributed by atoms with Crippen molar-refractivity contribution in [2.24, 2.45) is 4.99 Å². The number of nitrogens with zero attached hydrogens (tertiary/aromatic N) is 2. The first-order chi connectivity index (χ1) is 19.8. The molecule has 4 aromatic rings.